The molecule has 0 radical (unpaired) electrons. The first-order valence-corrected chi connectivity index (χ1v) is 8.69. The predicted octanol–water partition coefficient (Wildman–Crippen LogP) is 4.23. The third-order valence-electron chi connectivity index (χ3n) is 4.84. The van der Waals surface area contributed by atoms with Crippen LogP contribution in [-0.4, -0.2) is 29.0 Å². The molecule has 2 fully saturated rings. The highest BCUT2D eigenvalue weighted by atomic mass is 15.2. The molecule has 0 unspecified atom stereocenters. The van der Waals surface area contributed by atoms with Crippen molar-refractivity contribution < 1.29 is 0 Å². The normalized spacial score (nSPS) is 24.0. The van der Waals surface area contributed by atoms with Crippen LogP contribution in [0.2, 0.25) is 0 Å². The van der Waals surface area contributed by atoms with Crippen molar-refractivity contribution in [1.82, 2.24) is 9.88 Å². The van der Waals surface area contributed by atoms with Gasteiger partial charge in [0.15, 0.2) is 0 Å². The molecule has 0 aromatic carbocycles. The van der Waals surface area contributed by atoms with Crippen molar-refractivity contribution >= 4 is 5.82 Å². The van der Waals surface area contributed by atoms with Crippen molar-refractivity contribution in [3.05, 3.63) is 23.9 Å². The maximum atomic E-state index is 4.66. The lowest BCUT2D eigenvalue weighted by Gasteiger charge is -2.26. The standard InChI is InChI=1S/C18H29N3/c1-14(2)13-21-11-5-8-17(21)15-9-10-18(19-12-15)20-16-6-3-4-7-16/h9-10,12,14,16-17H,3-8,11,13H2,1-2H3,(H,19,20)/t17-/m0/s1. The van der Waals surface area contributed by atoms with E-state index in [2.05, 4.69) is 47.4 Å². The maximum Gasteiger partial charge on any atom is 0.126 e. The fourth-order valence-electron chi connectivity index (χ4n) is 3.86. The number of hydrogen-bond donors (Lipinski definition) is 1. The van der Waals surface area contributed by atoms with Gasteiger partial charge in [-0.2, -0.15) is 0 Å². The lowest BCUT2D eigenvalue weighted by atomic mass is 10.1. The van der Waals surface area contributed by atoms with Gasteiger partial charge in [-0.05, 0) is 49.8 Å². The fraction of sp³-hybridized carbons (Fsp3) is 0.722. The van der Waals surface area contributed by atoms with Crippen LogP contribution >= 0.6 is 0 Å². The molecule has 3 heteroatoms. The first kappa shape index (κ1) is 14.8. The molecule has 0 bridgehead atoms. The number of nitrogens with zero attached hydrogens (tertiary/aromatic N) is 2. The molecule has 21 heavy (non-hydrogen) atoms. The number of anilines is 1. The fourth-order valence-corrected chi connectivity index (χ4v) is 3.86. The van der Waals surface area contributed by atoms with Crippen LogP contribution in [0.5, 0.6) is 0 Å². The minimum absolute atomic E-state index is 0.584. The molecular formula is C18H29N3. The molecule has 1 aromatic rings. The Hall–Kier alpha value is -1.09. The predicted molar refractivity (Wildman–Crippen MR) is 88.5 cm³/mol. The van der Waals surface area contributed by atoms with Crippen LogP contribution in [0.1, 0.15) is 64.0 Å². The van der Waals surface area contributed by atoms with Crippen LogP contribution in [0, 0.1) is 5.92 Å². The molecule has 1 saturated carbocycles. The second-order valence-corrected chi connectivity index (χ2v) is 7.15. The Labute approximate surface area is 129 Å². The Morgan fingerprint density at radius 3 is 2.67 bits per heavy atom. The second kappa shape index (κ2) is 6.78. The third kappa shape index (κ3) is 3.76. The average molecular weight is 287 g/mol. The molecule has 1 N–H and O–H groups in total. The van der Waals surface area contributed by atoms with Crippen molar-refractivity contribution in [3.8, 4) is 0 Å². The molecule has 116 valence electrons. The number of likely N-dealkylation sites (tertiary alicyclic amines) is 1. The summed E-state index contributed by atoms with van der Waals surface area (Å²) < 4.78 is 0. The van der Waals surface area contributed by atoms with Crippen LogP contribution in [0.4, 0.5) is 5.82 Å². The zero-order valence-electron chi connectivity index (χ0n) is 13.5. The van der Waals surface area contributed by atoms with Gasteiger partial charge in [0.05, 0.1) is 0 Å². The molecule has 0 amide bonds. The van der Waals surface area contributed by atoms with Crippen LogP contribution in [0.25, 0.3) is 0 Å². The van der Waals surface area contributed by atoms with Gasteiger partial charge < -0.3 is 5.32 Å². The maximum absolute atomic E-state index is 4.66. The lowest BCUT2D eigenvalue weighted by molar-refractivity contribution is 0.228. The Balaban J connectivity index is 1.62. The molecule has 1 atom stereocenters. The summed E-state index contributed by atoms with van der Waals surface area (Å²) in [5.41, 5.74) is 1.39. The van der Waals surface area contributed by atoms with Crippen LogP contribution in [0.15, 0.2) is 18.3 Å². The number of aromatic nitrogens is 1. The van der Waals surface area contributed by atoms with E-state index in [4.69, 9.17) is 0 Å². The monoisotopic (exact) mass is 287 g/mol. The molecule has 2 heterocycles. The van der Waals surface area contributed by atoms with E-state index in [1.54, 1.807) is 0 Å². The number of hydrogen-bond acceptors (Lipinski definition) is 3. The number of nitrogens with one attached hydrogen (secondary N) is 1. The van der Waals surface area contributed by atoms with Crippen molar-refractivity contribution in [2.45, 2.75) is 64.5 Å². The first-order valence-electron chi connectivity index (χ1n) is 8.69. The van der Waals surface area contributed by atoms with E-state index in [-0.39, 0.29) is 0 Å². The highest BCUT2D eigenvalue weighted by Gasteiger charge is 2.26. The summed E-state index contributed by atoms with van der Waals surface area (Å²) in [6, 6.07) is 5.69. The highest BCUT2D eigenvalue weighted by molar-refractivity contribution is 5.37. The SMILES string of the molecule is CC(C)CN1CCC[C@H]1c1ccc(NC2CCCC2)nc1. The van der Waals surface area contributed by atoms with Crippen LogP contribution < -0.4 is 5.32 Å². The Kier molecular flexibility index (Phi) is 4.79. The third-order valence-corrected chi connectivity index (χ3v) is 4.84. The minimum atomic E-state index is 0.584. The van der Waals surface area contributed by atoms with Gasteiger partial charge in [0.25, 0.3) is 0 Å². The molecule has 1 aromatic heterocycles. The van der Waals surface area contributed by atoms with Crippen LogP contribution in [0.3, 0.4) is 0 Å². The van der Waals surface area contributed by atoms with Gasteiger partial charge in [0, 0.05) is 24.8 Å². The van der Waals surface area contributed by atoms with Gasteiger partial charge >= 0.3 is 0 Å². The van der Waals surface area contributed by atoms with Crippen molar-refractivity contribution in [2.24, 2.45) is 5.92 Å². The van der Waals surface area contributed by atoms with Crippen molar-refractivity contribution in [1.29, 1.82) is 0 Å². The Morgan fingerprint density at radius 2 is 2.00 bits per heavy atom. The largest absolute Gasteiger partial charge is 0.367 e. The smallest absolute Gasteiger partial charge is 0.126 e. The Bertz CT molecular complexity index is 434. The molecule has 2 aliphatic rings. The zero-order chi connectivity index (χ0) is 14.7. The quantitative estimate of drug-likeness (QED) is 0.878. The molecular weight excluding hydrogens is 258 g/mol. The van der Waals surface area contributed by atoms with E-state index in [0.717, 1.165) is 11.7 Å². The second-order valence-electron chi connectivity index (χ2n) is 7.15. The topological polar surface area (TPSA) is 28.2 Å². The van der Waals surface area contributed by atoms with Gasteiger partial charge in [-0.15, -0.1) is 0 Å². The van der Waals surface area contributed by atoms with Crippen molar-refractivity contribution in [3.63, 3.8) is 0 Å². The Morgan fingerprint density at radius 1 is 1.19 bits per heavy atom. The van der Waals surface area contributed by atoms with Gasteiger partial charge in [0.1, 0.15) is 5.82 Å². The summed E-state index contributed by atoms with van der Waals surface area (Å²) >= 11 is 0. The molecule has 1 aliphatic heterocycles. The molecule has 3 rings (SSSR count). The summed E-state index contributed by atoms with van der Waals surface area (Å²) in [7, 11) is 0. The first-order chi connectivity index (χ1) is 10.2. The number of rotatable bonds is 5. The molecule has 0 spiro atoms. The molecule has 3 nitrogen and oxygen atoms in total. The average Bonchev–Trinajstić information content (AvgIpc) is 3.11. The van der Waals surface area contributed by atoms with Gasteiger partial charge in [0.2, 0.25) is 0 Å². The summed E-state index contributed by atoms with van der Waals surface area (Å²) in [6.07, 6.45) is 10.0. The summed E-state index contributed by atoms with van der Waals surface area (Å²) in [6.45, 7) is 7.06. The highest BCUT2D eigenvalue weighted by Crippen LogP contribution is 2.32. The van der Waals surface area contributed by atoms with Crippen LogP contribution in [-0.2, 0) is 0 Å². The van der Waals surface area contributed by atoms with E-state index in [0.29, 0.717) is 12.1 Å². The zero-order valence-corrected chi connectivity index (χ0v) is 13.5. The lowest BCUT2D eigenvalue weighted by Crippen LogP contribution is -2.27. The molecule has 1 saturated heterocycles. The van der Waals surface area contributed by atoms with Gasteiger partial charge in [-0.25, -0.2) is 4.98 Å². The summed E-state index contributed by atoms with van der Waals surface area (Å²) in [5.74, 6) is 1.79. The van der Waals surface area contributed by atoms with E-state index >= 15 is 0 Å². The number of pyridine rings is 1. The van der Waals surface area contributed by atoms with E-state index in [1.165, 1.54) is 57.2 Å². The van der Waals surface area contributed by atoms with E-state index in [1.807, 2.05) is 0 Å². The summed E-state index contributed by atoms with van der Waals surface area (Å²) in [5, 5.41) is 3.58. The minimum Gasteiger partial charge on any atom is -0.367 e. The van der Waals surface area contributed by atoms with Gasteiger partial charge in [-0.3, -0.25) is 4.90 Å². The summed E-state index contributed by atoms with van der Waals surface area (Å²) in [4.78, 5) is 7.29. The van der Waals surface area contributed by atoms with Gasteiger partial charge in [-0.1, -0.05) is 32.8 Å². The van der Waals surface area contributed by atoms with Crippen molar-refractivity contribution in [2.75, 3.05) is 18.4 Å². The van der Waals surface area contributed by atoms with E-state index < -0.39 is 0 Å². The van der Waals surface area contributed by atoms with E-state index in [9.17, 15) is 0 Å². The molecule has 1 aliphatic carbocycles.